The van der Waals surface area contributed by atoms with Crippen LogP contribution >= 0.6 is 0 Å². The van der Waals surface area contributed by atoms with Gasteiger partial charge in [-0.05, 0) is 38.3 Å². The van der Waals surface area contributed by atoms with Gasteiger partial charge >= 0.3 is 0 Å². The Morgan fingerprint density at radius 3 is 2.55 bits per heavy atom. The summed E-state index contributed by atoms with van der Waals surface area (Å²) < 4.78 is 11.4. The average molecular weight is 433 g/mol. The molecule has 0 atom stereocenters. The van der Waals surface area contributed by atoms with Crippen molar-refractivity contribution in [1.29, 1.82) is 0 Å². The second-order valence-corrected chi connectivity index (χ2v) is 8.75. The molecule has 3 rings (SSSR count). The zero-order valence-corrected chi connectivity index (χ0v) is 19.6. The molecule has 7 nitrogen and oxygen atoms in total. The minimum atomic E-state index is -0.0562. The fraction of sp³-hybridized carbons (Fsp3) is 0.750. The van der Waals surface area contributed by atoms with Crippen LogP contribution in [0.3, 0.4) is 0 Å². The summed E-state index contributed by atoms with van der Waals surface area (Å²) in [6.45, 7) is 15.0. The highest BCUT2D eigenvalue weighted by Gasteiger charge is 2.42. The van der Waals surface area contributed by atoms with Gasteiger partial charge in [0.05, 0.1) is 6.61 Å². The molecule has 0 aliphatic carbocycles. The van der Waals surface area contributed by atoms with E-state index < -0.39 is 0 Å². The Labute approximate surface area is 187 Å². The maximum Gasteiger partial charge on any atom is 0.227 e. The van der Waals surface area contributed by atoms with Crippen LogP contribution in [0.25, 0.3) is 0 Å². The molecule has 1 aromatic heterocycles. The first kappa shape index (κ1) is 24.1. The number of anilines is 1. The van der Waals surface area contributed by atoms with Crippen LogP contribution in [0.5, 0.6) is 0 Å². The molecular weight excluding hydrogens is 392 g/mol. The predicted octanol–water partition coefficient (Wildman–Crippen LogP) is 2.73. The van der Waals surface area contributed by atoms with E-state index in [2.05, 4.69) is 21.7 Å². The molecule has 2 saturated heterocycles. The molecule has 0 spiro atoms. The molecule has 31 heavy (non-hydrogen) atoms. The lowest BCUT2D eigenvalue weighted by molar-refractivity contribution is -0.119. The minimum Gasteiger partial charge on any atom is -0.381 e. The first-order valence-corrected chi connectivity index (χ1v) is 11.9. The van der Waals surface area contributed by atoms with Gasteiger partial charge < -0.3 is 9.47 Å². The van der Waals surface area contributed by atoms with E-state index in [4.69, 9.17) is 9.47 Å². The number of carbonyl (C=O) groups is 1. The first-order chi connectivity index (χ1) is 15.1. The van der Waals surface area contributed by atoms with E-state index >= 15 is 0 Å². The van der Waals surface area contributed by atoms with E-state index in [1.54, 1.807) is 0 Å². The smallest absolute Gasteiger partial charge is 0.227 e. The Bertz CT molecular complexity index is 685. The lowest BCUT2D eigenvalue weighted by Gasteiger charge is -2.51. The average Bonchev–Trinajstić information content (AvgIpc) is 2.81. The molecular formula is C24H40N4O3. The van der Waals surface area contributed by atoms with Crippen molar-refractivity contribution < 1.29 is 14.3 Å². The van der Waals surface area contributed by atoms with Crippen molar-refractivity contribution in [3.05, 3.63) is 23.9 Å². The maximum atomic E-state index is 13.0. The molecule has 2 fully saturated rings. The monoisotopic (exact) mass is 432 g/mol. The van der Waals surface area contributed by atoms with Gasteiger partial charge in [0.1, 0.15) is 5.82 Å². The molecule has 1 amide bonds. The molecule has 0 radical (unpaired) electrons. The molecule has 7 heteroatoms. The topological polar surface area (TPSA) is 58.1 Å². The van der Waals surface area contributed by atoms with Crippen LogP contribution in [0.15, 0.2) is 18.2 Å². The van der Waals surface area contributed by atoms with Crippen LogP contribution in [0.2, 0.25) is 0 Å². The summed E-state index contributed by atoms with van der Waals surface area (Å²) in [5, 5.41) is 0. The van der Waals surface area contributed by atoms with Crippen LogP contribution in [-0.4, -0.2) is 91.9 Å². The fourth-order valence-corrected chi connectivity index (χ4v) is 4.67. The molecule has 1 aromatic rings. The number of hydrogen-bond donors (Lipinski definition) is 0. The van der Waals surface area contributed by atoms with Gasteiger partial charge in [0.15, 0.2) is 0 Å². The number of rotatable bonds is 10. The highest BCUT2D eigenvalue weighted by molar-refractivity contribution is 5.92. The van der Waals surface area contributed by atoms with Crippen molar-refractivity contribution >= 4 is 11.7 Å². The van der Waals surface area contributed by atoms with Gasteiger partial charge in [-0.15, -0.1) is 0 Å². The number of carbonyl (C=O) groups excluding carboxylic acids is 1. The summed E-state index contributed by atoms with van der Waals surface area (Å²) in [6, 6.07) is 5.93. The van der Waals surface area contributed by atoms with Crippen molar-refractivity contribution in [2.75, 3.05) is 70.6 Å². The first-order valence-electron chi connectivity index (χ1n) is 11.9. The van der Waals surface area contributed by atoms with Crippen LogP contribution in [0, 0.1) is 6.92 Å². The molecule has 174 valence electrons. The number of nitrogens with zero attached hydrogens (tertiary/aromatic N) is 4. The quantitative estimate of drug-likeness (QED) is 0.530. The lowest BCUT2D eigenvalue weighted by Crippen LogP contribution is -2.63. The third-order valence-electron chi connectivity index (χ3n) is 6.57. The van der Waals surface area contributed by atoms with Gasteiger partial charge in [0.2, 0.25) is 5.91 Å². The van der Waals surface area contributed by atoms with Crippen molar-refractivity contribution in [2.24, 2.45) is 0 Å². The van der Waals surface area contributed by atoms with Gasteiger partial charge in [0.25, 0.3) is 0 Å². The molecule has 2 aliphatic heterocycles. The molecule has 0 bridgehead atoms. The summed E-state index contributed by atoms with van der Waals surface area (Å²) in [6.07, 6.45) is 3.45. The Kier molecular flexibility index (Phi) is 9.26. The lowest BCUT2D eigenvalue weighted by atomic mass is 9.86. The van der Waals surface area contributed by atoms with E-state index in [9.17, 15) is 4.79 Å². The second kappa shape index (κ2) is 11.9. The van der Waals surface area contributed by atoms with E-state index in [0.29, 0.717) is 13.0 Å². The van der Waals surface area contributed by atoms with Crippen LogP contribution in [0.1, 0.15) is 45.2 Å². The van der Waals surface area contributed by atoms with Crippen molar-refractivity contribution in [1.82, 2.24) is 14.8 Å². The number of aryl methyl sites for hydroxylation is 1. The summed E-state index contributed by atoms with van der Waals surface area (Å²) in [7, 11) is 0. The van der Waals surface area contributed by atoms with E-state index in [1.165, 1.54) is 0 Å². The summed E-state index contributed by atoms with van der Waals surface area (Å²) in [4.78, 5) is 24.7. The largest absolute Gasteiger partial charge is 0.381 e. The summed E-state index contributed by atoms with van der Waals surface area (Å²) >= 11 is 0. The van der Waals surface area contributed by atoms with Crippen LogP contribution < -0.4 is 4.90 Å². The zero-order chi connectivity index (χ0) is 22.1. The number of aromatic nitrogens is 1. The number of hydrogen-bond acceptors (Lipinski definition) is 6. The van der Waals surface area contributed by atoms with E-state index in [0.717, 1.165) is 89.9 Å². The third kappa shape index (κ3) is 6.48. The maximum absolute atomic E-state index is 13.0. The van der Waals surface area contributed by atoms with Gasteiger partial charge in [-0.3, -0.25) is 19.5 Å². The number of ether oxygens (including phenoxy) is 2. The molecule has 2 aliphatic rings. The molecule has 0 unspecified atom stereocenters. The minimum absolute atomic E-state index is 0.0562. The SMILES string of the molecule is CCCOCCN1CCN(C2(CN(C(=O)CC)c3cccc(C)n3)CCOCC2)CC1. The predicted molar refractivity (Wildman–Crippen MR) is 124 cm³/mol. The molecule has 0 aromatic carbocycles. The Morgan fingerprint density at radius 2 is 1.90 bits per heavy atom. The van der Waals surface area contributed by atoms with E-state index in [-0.39, 0.29) is 11.4 Å². The van der Waals surface area contributed by atoms with Crippen molar-refractivity contribution in [2.45, 2.75) is 52.0 Å². The van der Waals surface area contributed by atoms with Gasteiger partial charge in [-0.1, -0.05) is 19.9 Å². The standard InChI is InChI=1S/C24H40N4O3/c1-4-16-30-19-15-26-11-13-27(14-12-26)24(9-17-31-18-10-24)20-28(23(29)5-2)22-8-6-7-21(3)25-22/h6-8H,4-5,9-20H2,1-3H3. The van der Waals surface area contributed by atoms with E-state index in [1.807, 2.05) is 36.9 Å². The second-order valence-electron chi connectivity index (χ2n) is 8.75. The van der Waals surface area contributed by atoms with Crippen LogP contribution in [0.4, 0.5) is 5.82 Å². The molecule has 0 N–H and O–H groups in total. The van der Waals surface area contributed by atoms with Crippen LogP contribution in [-0.2, 0) is 14.3 Å². The molecule has 3 heterocycles. The number of pyridine rings is 1. The van der Waals surface area contributed by atoms with Gasteiger partial charge in [-0.25, -0.2) is 4.98 Å². The normalized spacial score (nSPS) is 20.0. The highest BCUT2D eigenvalue weighted by Crippen LogP contribution is 2.32. The fourth-order valence-electron chi connectivity index (χ4n) is 4.67. The highest BCUT2D eigenvalue weighted by atomic mass is 16.5. The summed E-state index contributed by atoms with van der Waals surface area (Å²) in [5.41, 5.74) is 0.880. The van der Waals surface area contributed by atoms with Crippen molar-refractivity contribution in [3.63, 3.8) is 0 Å². The zero-order valence-electron chi connectivity index (χ0n) is 19.6. The number of amides is 1. The Morgan fingerprint density at radius 1 is 1.16 bits per heavy atom. The van der Waals surface area contributed by atoms with Gasteiger partial charge in [0, 0.05) is 76.7 Å². The summed E-state index contributed by atoms with van der Waals surface area (Å²) in [5.74, 6) is 0.903. The van der Waals surface area contributed by atoms with Crippen molar-refractivity contribution in [3.8, 4) is 0 Å². The Hall–Kier alpha value is -1.54. The number of piperazine rings is 1. The third-order valence-corrected chi connectivity index (χ3v) is 6.57. The molecule has 0 saturated carbocycles. The Balaban J connectivity index is 1.70. The van der Waals surface area contributed by atoms with Gasteiger partial charge in [-0.2, -0.15) is 0 Å².